The van der Waals surface area contributed by atoms with Crippen LogP contribution >= 0.6 is 0 Å². The van der Waals surface area contributed by atoms with Crippen LogP contribution in [0.3, 0.4) is 0 Å². The number of alkyl halides is 1. The van der Waals surface area contributed by atoms with Gasteiger partial charge in [0, 0.05) is 117 Å². The number of hydrogen-bond acceptors (Lipinski definition) is 9. The van der Waals surface area contributed by atoms with Gasteiger partial charge in [0.2, 0.25) is 17.8 Å². The van der Waals surface area contributed by atoms with Gasteiger partial charge in [0.1, 0.15) is 11.7 Å². The van der Waals surface area contributed by atoms with Crippen LogP contribution in [0.15, 0.2) is 54.9 Å². The van der Waals surface area contributed by atoms with E-state index in [1.54, 1.807) is 18.7 Å². The first-order chi connectivity index (χ1) is 27.4. The molecule has 3 fully saturated rings. The van der Waals surface area contributed by atoms with Crippen molar-refractivity contribution in [3.8, 4) is 0 Å². The standard InChI is InChI=1S/C44H54FN9O3/c1-27-21-35-34-7-5-6-8-36(34)48-39(35)40(54(27)26-44(3,4)45)31-23-46-43(47-24-31)52-15-13-29(14-16-52)28(2)50-17-19-51(20-18-50)32-9-10-33-30(22-32)25-53(42(33)57)37-11-12-38(55)49-41(37)56/h5-10,22-24,27-29,37,40,48H,11-21,25-26H2,1-4H3,(H,49,55,56)/t27-,28?,37?,40-/m1/s1. The largest absolute Gasteiger partial charge is 0.369 e. The molecular formula is C44H54FN9O3. The molecule has 2 N–H and O–H groups in total. The van der Waals surface area contributed by atoms with E-state index < -0.39 is 11.7 Å². The zero-order valence-corrected chi connectivity index (χ0v) is 33.5. The Labute approximate surface area is 333 Å². The van der Waals surface area contributed by atoms with Gasteiger partial charge in [-0.05, 0) is 94.7 Å². The lowest BCUT2D eigenvalue weighted by Crippen LogP contribution is -2.53. The van der Waals surface area contributed by atoms with Crippen molar-refractivity contribution in [1.82, 2.24) is 35.0 Å². The first-order valence-corrected chi connectivity index (χ1v) is 20.8. The fourth-order valence-electron chi connectivity index (χ4n) is 10.2. The van der Waals surface area contributed by atoms with Crippen molar-refractivity contribution in [3.63, 3.8) is 0 Å². The number of piperazine rings is 1. The smallest absolute Gasteiger partial charge is 0.255 e. The van der Waals surface area contributed by atoms with E-state index in [9.17, 15) is 14.4 Å². The third-order valence-electron chi connectivity index (χ3n) is 13.3. The van der Waals surface area contributed by atoms with Crippen molar-refractivity contribution in [3.05, 3.63) is 82.8 Å². The number of carbonyl (C=O) groups is 3. The maximum atomic E-state index is 15.2. The number of piperidine rings is 2. The van der Waals surface area contributed by atoms with Crippen LogP contribution in [-0.4, -0.2) is 117 Å². The Morgan fingerprint density at radius 2 is 1.67 bits per heavy atom. The average Bonchev–Trinajstić information content (AvgIpc) is 3.74. The minimum absolute atomic E-state index is 0.136. The molecule has 2 aromatic carbocycles. The molecule has 7 heterocycles. The summed E-state index contributed by atoms with van der Waals surface area (Å²) in [6, 6.07) is 14.3. The van der Waals surface area contributed by atoms with Gasteiger partial charge in [-0.1, -0.05) is 18.2 Å². The van der Waals surface area contributed by atoms with Crippen molar-refractivity contribution >= 4 is 40.3 Å². The van der Waals surface area contributed by atoms with Crippen molar-refractivity contribution in [1.29, 1.82) is 0 Å². The van der Waals surface area contributed by atoms with Gasteiger partial charge in [-0.2, -0.15) is 0 Å². The Kier molecular flexibility index (Phi) is 9.79. The van der Waals surface area contributed by atoms with Crippen LogP contribution in [0, 0.1) is 5.92 Å². The summed E-state index contributed by atoms with van der Waals surface area (Å²) in [5.74, 6) is 0.546. The maximum Gasteiger partial charge on any atom is 0.255 e. The number of fused-ring (bicyclic) bond motifs is 4. The second kappa shape index (κ2) is 14.8. The number of nitrogens with one attached hydrogen (secondary N) is 2. The highest BCUT2D eigenvalue weighted by molar-refractivity contribution is 6.05. The molecule has 57 heavy (non-hydrogen) atoms. The zero-order valence-electron chi connectivity index (χ0n) is 33.5. The summed E-state index contributed by atoms with van der Waals surface area (Å²) < 4.78 is 15.2. The molecule has 3 amide bonds. The third-order valence-corrected chi connectivity index (χ3v) is 13.3. The molecule has 2 aromatic heterocycles. The van der Waals surface area contributed by atoms with E-state index in [1.807, 2.05) is 24.5 Å². The number of imide groups is 1. The summed E-state index contributed by atoms with van der Waals surface area (Å²) in [5.41, 5.74) is 5.86. The Morgan fingerprint density at radius 3 is 2.39 bits per heavy atom. The molecule has 0 bridgehead atoms. The number of para-hydroxylation sites is 1. The predicted molar refractivity (Wildman–Crippen MR) is 218 cm³/mol. The summed E-state index contributed by atoms with van der Waals surface area (Å²) in [6.07, 6.45) is 7.55. The quantitative estimate of drug-likeness (QED) is 0.232. The van der Waals surface area contributed by atoms with Crippen LogP contribution in [-0.2, 0) is 22.6 Å². The molecular weight excluding hydrogens is 722 g/mol. The lowest BCUT2D eigenvalue weighted by atomic mass is 9.88. The first kappa shape index (κ1) is 37.7. The van der Waals surface area contributed by atoms with Gasteiger partial charge in [0.05, 0.1) is 6.04 Å². The molecule has 4 aromatic rings. The van der Waals surface area contributed by atoms with E-state index in [0.717, 1.165) is 92.5 Å². The highest BCUT2D eigenvalue weighted by Gasteiger charge is 2.41. The number of carbonyl (C=O) groups excluding carboxylic acids is 3. The molecule has 0 spiro atoms. The van der Waals surface area contributed by atoms with Crippen LogP contribution in [0.5, 0.6) is 0 Å². The summed E-state index contributed by atoms with van der Waals surface area (Å²) in [7, 11) is 0. The molecule has 4 atom stereocenters. The molecule has 2 unspecified atom stereocenters. The van der Waals surface area contributed by atoms with Gasteiger partial charge in [-0.3, -0.25) is 29.5 Å². The predicted octanol–water partition coefficient (Wildman–Crippen LogP) is 5.23. The summed E-state index contributed by atoms with van der Waals surface area (Å²) in [4.78, 5) is 62.1. The molecule has 9 rings (SSSR count). The van der Waals surface area contributed by atoms with Gasteiger partial charge in [0.25, 0.3) is 5.91 Å². The van der Waals surface area contributed by atoms with E-state index in [1.165, 1.54) is 10.9 Å². The van der Waals surface area contributed by atoms with Crippen molar-refractivity contribution < 1.29 is 18.8 Å². The summed E-state index contributed by atoms with van der Waals surface area (Å²) in [6.45, 7) is 14.2. The molecule has 0 radical (unpaired) electrons. The number of H-pyrrole nitrogens is 1. The number of aromatic amines is 1. The Balaban J connectivity index is 0.806. The lowest BCUT2D eigenvalue weighted by molar-refractivity contribution is -0.136. The molecule has 300 valence electrons. The van der Waals surface area contributed by atoms with E-state index in [4.69, 9.17) is 9.97 Å². The summed E-state index contributed by atoms with van der Waals surface area (Å²) in [5, 5.41) is 3.62. The van der Waals surface area contributed by atoms with Gasteiger partial charge in [-0.25, -0.2) is 14.4 Å². The highest BCUT2D eigenvalue weighted by atomic mass is 19.1. The fourth-order valence-corrected chi connectivity index (χ4v) is 10.2. The number of halogens is 1. The molecule has 5 aliphatic heterocycles. The number of rotatable bonds is 8. The van der Waals surface area contributed by atoms with Crippen molar-refractivity contribution in [2.24, 2.45) is 5.92 Å². The maximum absolute atomic E-state index is 15.2. The van der Waals surface area contributed by atoms with Gasteiger partial charge in [-0.15, -0.1) is 0 Å². The second-order valence-electron chi connectivity index (χ2n) is 17.6. The van der Waals surface area contributed by atoms with Crippen LogP contribution in [0.2, 0.25) is 0 Å². The minimum Gasteiger partial charge on any atom is -0.369 e. The van der Waals surface area contributed by atoms with Gasteiger partial charge in [0.15, 0.2) is 0 Å². The lowest BCUT2D eigenvalue weighted by Gasteiger charge is -2.44. The van der Waals surface area contributed by atoms with E-state index >= 15 is 4.39 Å². The van der Waals surface area contributed by atoms with Crippen LogP contribution in [0.1, 0.15) is 92.2 Å². The number of benzene rings is 2. The Morgan fingerprint density at radius 1 is 0.930 bits per heavy atom. The number of amides is 3. The Hall–Kier alpha value is -4.88. The van der Waals surface area contributed by atoms with E-state index in [-0.39, 0.29) is 36.2 Å². The van der Waals surface area contributed by atoms with Crippen molar-refractivity contribution in [2.75, 3.05) is 55.6 Å². The van der Waals surface area contributed by atoms with E-state index in [2.05, 4.69) is 74.1 Å². The van der Waals surface area contributed by atoms with Crippen LogP contribution < -0.4 is 15.1 Å². The molecule has 12 nitrogen and oxygen atoms in total. The van der Waals surface area contributed by atoms with Crippen molar-refractivity contribution in [2.45, 2.75) is 96.2 Å². The third kappa shape index (κ3) is 7.17. The zero-order chi connectivity index (χ0) is 39.6. The SMILES string of the molecule is CC(C1CCN(c2ncc([C@@H]3c4[nH]c5ccccc5c4C[C@@H](C)N3CC(C)(C)F)cn2)CC1)N1CCN(c2ccc3c(c2)CN(C2CCC(=O)NC2=O)C3=O)CC1. The fraction of sp³-hybridized carbons (Fsp3) is 0.523. The topological polar surface area (TPSA) is 121 Å². The first-order valence-electron chi connectivity index (χ1n) is 20.8. The molecule has 0 aliphatic carbocycles. The minimum atomic E-state index is -1.35. The average molecular weight is 776 g/mol. The van der Waals surface area contributed by atoms with E-state index in [0.29, 0.717) is 37.0 Å². The van der Waals surface area contributed by atoms with Gasteiger partial charge < -0.3 is 19.7 Å². The van der Waals surface area contributed by atoms with Crippen LogP contribution in [0.4, 0.5) is 16.0 Å². The molecule has 3 saturated heterocycles. The molecule has 13 heteroatoms. The van der Waals surface area contributed by atoms with Crippen LogP contribution in [0.25, 0.3) is 10.9 Å². The normalized spacial score (nSPS) is 24.5. The monoisotopic (exact) mass is 775 g/mol. The second-order valence-corrected chi connectivity index (χ2v) is 17.6. The Bertz CT molecular complexity index is 2170. The number of nitrogens with zero attached hydrogens (tertiary/aromatic N) is 7. The number of hydrogen-bond donors (Lipinski definition) is 2. The highest BCUT2D eigenvalue weighted by Crippen LogP contribution is 2.42. The van der Waals surface area contributed by atoms with Gasteiger partial charge >= 0.3 is 0 Å². The molecule has 0 saturated carbocycles. The summed E-state index contributed by atoms with van der Waals surface area (Å²) >= 11 is 0. The number of aromatic nitrogens is 3. The molecule has 5 aliphatic rings. The number of anilines is 2.